The highest BCUT2D eigenvalue weighted by Gasteiger charge is 2.48. The fourth-order valence-electron chi connectivity index (χ4n) is 4.30. The first-order valence-corrected chi connectivity index (χ1v) is 13.9. The fourth-order valence-corrected chi connectivity index (χ4v) is 6.12. The van der Waals surface area contributed by atoms with Crippen molar-refractivity contribution in [3.8, 4) is 17.2 Å². The van der Waals surface area contributed by atoms with Crippen LogP contribution < -0.4 is 14.4 Å². The Morgan fingerprint density at radius 2 is 1.73 bits per heavy atom. The largest absolute Gasteiger partial charge is 0.507 e. The van der Waals surface area contributed by atoms with Crippen LogP contribution in [0.4, 0.5) is 5.13 Å². The second-order valence-corrected chi connectivity index (χ2v) is 11.1. The van der Waals surface area contributed by atoms with Gasteiger partial charge in [-0.15, -0.1) is 10.2 Å². The van der Waals surface area contributed by atoms with Crippen LogP contribution >= 0.6 is 23.1 Å². The topological polar surface area (TPSA) is 122 Å². The first-order chi connectivity index (χ1) is 19.3. The molecule has 4 aromatic rings. The number of phenolic OH excluding ortho intramolecular Hbond substituents is 1. The molecule has 1 aromatic heterocycles. The Morgan fingerprint density at radius 1 is 1.00 bits per heavy atom. The van der Waals surface area contributed by atoms with Crippen molar-refractivity contribution in [2.24, 2.45) is 0 Å². The number of nitrogens with zero attached hydrogens (tertiary/aromatic N) is 3. The summed E-state index contributed by atoms with van der Waals surface area (Å²) in [5.74, 6) is -0.791. The van der Waals surface area contributed by atoms with Crippen LogP contribution in [-0.4, -0.2) is 46.3 Å². The first-order valence-electron chi connectivity index (χ1n) is 12.1. The number of Topliss-reactive ketones (excluding diaryl/α,β-unsaturated/α-hetero) is 1. The third-order valence-corrected chi connectivity index (χ3v) is 8.54. The number of thioether (sulfide) groups is 1. The summed E-state index contributed by atoms with van der Waals surface area (Å²) in [6.07, 6.45) is 0. The second-order valence-electron chi connectivity index (χ2n) is 8.95. The van der Waals surface area contributed by atoms with E-state index in [9.17, 15) is 19.8 Å². The van der Waals surface area contributed by atoms with Crippen molar-refractivity contribution in [1.29, 1.82) is 0 Å². The van der Waals surface area contributed by atoms with Gasteiger partial charge in [-0.3, -0.25) is 14.5 Å². The van der Waals surface area contributed by atoms with Crippen LogP contribution in [0.1, 0.15) is 28.3 Å². The maximum atomic E-state index is 13.4. The number of hydrogen-bond donors (Lipinski definition) is 2. The molecule has 2 N–H and O–H groups in total. The molecule has 3 aromatic carbocycles. The number of rotatable bonds is 8. The minimum atomic E-state index is -1.04. The van der Waals surface area contributed by atoms with Crippen molar-refractivity contribution in [2.75, 3.05) is 19.1 Å². The molecular weight excluding hydrogens is 550 g/mol. The predicted molar refractivity (Wildman–Crippen MR) is 153 cm³/mol. The Hall–Kier alpha value is -4.35. The van der Waals surface area contributed by atoms with Crippen LogP contribution in [0.3, 0.4) is 0 Å². The number of anilines is 1. The number of aryl methyl sites for hydroxylation is 1. The van der Waals surface area contributed by atoms with Crippen molar-refractivity contribution < 1.29 is 29.3 Å². The molecule has 1 atom stereocenters. The molecular formula is C29H25N3O6S2. The zero-order valence-electron chi connectivity index (χ0n) is 21.8. The Kier molecular flexibility index (Phi) is 7.76. The number of ketones is 1. The lowest BCUT2D eigenvalue weighted by molar-refractivity contribution is -0.132. The minimum Gasteiger partial charge on any atom is -0.507 e. The van der Waals surface area contributed by atoms with Gasteiger partial charge in [0.05, 0.1) is 25.8 Å². The average molecular weight is 576 g/mol. The summed E-state index contributed by atoms with van der Waals surface area (Å²) in [5.41, 5.74) is 2.94. The number of carbonyl (C=O) groups excluding carboxylic acids is 2. The maximum absolute atomic E-state index is 13.4. The Morgan fingerprint density at radius 3 is 2.40 bits per heavy atom. The van der Waals surface area contributed by atoms with E-state index in [0.29, 0.717) is 27.0 Å². The van der Waals surface area contributed by atoms with Gasteiger partial charge < -0.3 is 19.7 Å². The predicted octanol–water partition coefficient (Wildman–Crippen LogP) is 5.49. The number of hydrogen-bond acceptors (Lipinski definition) is 10. The van der Waals surface area contributed by atoms with Crippen LogP contribution in [0.5, 0.6) is 17.2 Å². The lowest BCUT2D eigenvalue weighted by atomic mass is 9.95. The van der Waals surface area contributed by atoms with Crippen molar-refractivity contribution in [3.05, 3.63) is 94.6 Å². The number of aliphatic hydroxyl groups is 1. The van der Waals surface area contributed by atoms with Crippen LogP contribution in [0.25, 0.3) is 5.76 Å². The molecule has 0 bridgehead atoms. The number of methoxy groups -OCH3 is 2. The zero-order chi connectivity index (χ0) is 28.4. The van der Waals surface area contributed by atoms with E-state index in [1.807, 2.05) is 31.2 Å². The van der Waals surface area contributed by atoms with Gasteiger partial charge in [-0.2, -0.15) is 0 Å². The summed E-state index contributed by atoms with van der Waals surface area (Å²) in [6, 6.07) is 18.1. The summed E-state index contributed by atoms with van der Waals surface area (Å²) >= 11 is 2.65. The third kappa shape index (κ3) is 5.25. The standard InChI is InChI=1S/C29H25N3O6S2/c1-16-4-6-17(7-5-16)15-39-29-31-30-28(40-29)32-24(19-10-13-21(33)22(14-19)38-3)23(26(35)27(32)36)25(34)18-8-11-20(37-2)12-9-18/h4-14,24,33-34H,15H2,1-3H3/b25-23-. The van der Waals surface area contributed by atoms with Gasteiger partial charge in [0, 0.05) is 11.3 Å². The highest BCUT2D eigenvalue weighted by molar-refractivity contribution is 8.00. The van der Waals surface area contributed by atoms with Gasteiger partial charge in [-0.1, -0.05) is 59.0 Å². The second kappa shape index (κ2) is 11.4. The summed E-state index contributed by atoms with van der Waals surface area (Å²) in [6.45, 7) is 2.03. The molecule has 1 unspecified atom stereocenters. The molecule has 1 aliphatic rings. The SMILES string of the molecule is COc1ccc(/C(O)=C2/C(=O)C(=O)N(c3nnc(SCc4ccc(C)cc4)s3)C2c2ccc(O)c(OC)c2)cc1. The van der Waals surface area contributed by atoms with E-state index < -0.39 is 17.7 Å². The molecule has 40 heavy (non-hydrogen) atoms. The molecule has 0 saturated carbocycles. The summed E-state index contributed by atoms with van der Waals surface area (Å²) in [4.78, 5) is 28.1. The van der Waals surface area contributed by atoms with Crippen molar-refractivity contribution in [3.63, 3.8) is 0 Å². The van der Waals surface area contributed by atoms with E-state index in [1.54, 1.807) is 30.3 Å². The van der Waals surface area contributed by atoms with Gasteiger partial charge in [0.2, 0.25) is 5.13 Å². The molecule has 1 saturated heterocycles. The van der Waals surface area contributed by atoms with Crippen LogP contribution in [0, 0.1) is 6.92 Å². The van der Waals surface area contributed by atoms with Crippen molar-refractivity contribution in [1.82, 2.24) is 10.2 Å². The maximum Gasteiger partial charge on any atom is 0.301 e. The molecule has 204 valence electrons. The molecule has 0 aliphatic carbocycles. The van der Waals surface area contributed by atoms with Gasteiger partial charge in [0.15, 0.2) is 15.8 Å². The number of amides is 1. The molecule has 11 heteroatoms. The molecule has 1 fully saturated rings. The molecule has 1 aliphatic heterocycles. The van der Waals surface area contributed by atoms with Gasteiger partial charge in [-0.25, -0.2) is 0 Å². The quantitative estimate of drug-likeness (QED) is 0.0923. The number of phenols is 1. The number of aromatic hydroxyl groups is 1. The Bertz CT molecular complexity index is 1600. The Balaban J connectivity index is 1.56. The summed E-state index contributed by atoms with van der Waals surface area (Å²) < 4.78 is 11.1. The van der Waals surface area contributed by atoms with Gasteiger partial charge in [0.1, 0.15) is 11.5 Å². The lowest BCUT2D eigenvalue weighted by Gasteiger charge is -2.23. The van der Waals surface area contributed by atoms with E-state index in [4.69, 9.17) is 9.47 Å². The molecule has 2 heterocycles. The number of aromatic nitrogens is 2. The van der Waals surface area contributed by atoms with Crippen LogP contribution in [-0.2, 0) is 15.3 Å². The number of carbonyl (C=O) groups is 2. The normalized spacial score (nSPS) is 16.4. The molecule has 0 spiro atoms. The molecule has 1 amide bonds. The molecule has 0 radical (unpaired) electrons. The average Bonchev–Trinajstić information content (AvgIpc) is 3.54. The zero-order valence-corrected chi connectivity index (χ0v) is 23.5. The number of aliphatic hydroxyl groups excluding tert-OH is 1. The fraction of sp³-hybridized carbons (Fsp3) is 0.172. The van der Waals surface area contributed by atoms with Gasteiger partial charge in [-0.05, 0) is 54.4 Å². The first kappa shape index (κ1) is 27.2. The van der Waals surface area contributed by atoms with Crippen LogP contribution in [0.15, 0.2) is 76.6 Å². The molecule has 5 rings (SSSR count). The van der Waals surface area contributed by atoms with E-state index in [0.717, 1.165) is 5.56 Å². The van der Waals surface area contributed by atoms with E-state index in [-0.39, 0.29) is 28.0 Å². The van der Waals surface area contributed by atoms with Gasteiger partial charge >= 0.3 is 5.91 Å². The monoisotopic (exact) mass is 575 g/mol. The lowest BCUT2D eigenvalue weighted by Crippen LogP contribution is -2.29. The number of ether oxygens (including phenoxy) is 2. The van der Waals surface area contributed by atoms with E-state index in [1.165, 1.54) is 59.9 Å². The van der Waals surface area contributed by atoms with Crippen LogP contribution in [0.2, 0.25) is 0 Å². The summed E-state index contributed by atoms with van der Waals surface area (Å²) in [5, 5.41) is 30.2. The van der Waals surface area contributed by atoms with E-state index in [2.05, 4.69) is 10.2 Å². The Labute approximate surface area is 238 Å². The van der Waals surface area contributed by atoms with Crippen molar-refractivity contribution in [2.45, 2.75) is 23.1 Å². The number of benzene rings is 3. The molecule has 9 nitrogen and oxygen atoms in total. The summed E-state index contributed by atoms with van der Waals surface area (Å²) in [7, 11) is 2.92. The van der Waals surface area contributed by atoms with E-state index >= 15 is 0 Å². The minimum absolute atomic E-state index is 0.107. The smallest absolute Gasteiger partial charge is 0.301 e. The highest BCUT2D eigenvalue weighted by Crippen LogP contribution is 2.45. The highest BCUT2D eigenvalue weighted by atomic mass is 32.2. The third-order valence-electron chi connectivity index (χ3n) is 6.41. The van der Waals surface area contributed by atoms with Gasteiger partial charge in [0.25, 0.3) is 5.78 Å². The van der Waals surface area contributed by atoms with Crippen molar-refractivity contribution >= 4 is 45.7 Å².